The van der Waals surface area contributed by atoms with Crippen LogP contribution in [0.4, 0.5) is 11.6 Å². The Hall–Kier alpha value is -1.20. The van der Waals surface area contributed by atoms with E-state index in [9.17, 15) is 4.79 Å². The van der Waals surface area contributed by atoms with E-state index in [1.54, 1.807) is 6.07 Å². The van der Waals surface area contributed by atoms with E-state index in [4.69, 9.17) is 23.2 Å². The van der Waals surface area contributed by atoms with Crippen molar-refractivity contribution in [3.8, 4) is 0 Å². The van der Waals surface area contributed by atoms with Gasteiger partial charge in [-0.15, -0.1) is 0 Å². The summed E-state index contributed by atoms with van der Waals surface area (Å²) in [6.07, 6.45) is 0.886. The fraction of sp³-hybridized carbons (Fsp3) is 0.538. The van der Waals surface area contributed by atoms with Crippen molar-refractivity contribution in [2.75, 3.05) is 29.9 Å². The number of carbonyl (C=O) groups excluding carboxylic acids is 1. The van der Waals surface area contributed by atoms with Gasteiger partial charge in [0.1, 0.15) is 11.6 Å². The van der Waals surface area contributed by atoms with E-state index in [1.165, 1.54) is 6.92 Å². The van der Waals surface area contributed by atoms with Crippen LogP contribution in [0.25, 0.3) is 0 Å². The van der Waals surface area contributed by atoms with Crippen LogP contribution in [0.15, 0.2) is 6.07 Å². The van der Waals surface area contributed by atoms with E-state index in [0.29, 0.717) is 28.2 Å². The monoisotopic (exact) mass is 316 g/mol. The van der Waals surface area contributed by atoms with E-state index < -0.39 is 0 Å². The maximum atomic E-state index is 11.1. The molecular formula is C13H18Cl2N4O. The SMILES string of the molecule is CCNc1nc(N2CCC(NC(C)=O)C2)c(Cl)cc1Cl. The van der Waals surface area contributed by atoms with Gasteiger partial charge in [-0.2, -0.15) is 0 Å². The first-order valence-electron chi connectivity index (χ1n) is 6.63. The second-order valence-electron chi connectivity index (χ2n) is 4.79. The molecule has 2 N–H and O–H groups in total. The smallest absolute Gasteiger partial charge is 0.217 e. The predicted molar refractivity (Wildman–Crippen MR) is 82.9 cm³/mol. The first-order valence-corrected chi connectivity index (χ1v) is 7.38. The maximum Gasteiger partial charge on any atom is 0.217 e. The molecule has 0 spiro atoms. The lowest BCUT2D eigenvalue weighted by Crippen LogP contribution is -2.35. The third-order valence-electron chi connectivity index (χ3n) is 3.15. The van der Waals surface area contributed by atoms with E-state index in [-0.39, 0.29) is 11.9 Å². The Bertz CT molecular complexity index is 509. The molecule has 0 aromatic carbocycles. The largest absolute Gasteiger partial charge is 0.369 e. The molecule has 1 aromatic rings. The Kier molecular flexibility index (Phi) is 4.94. The molecule has 1 atom stereocenters. The van der Waals surface area contributed by atoms with Gasteiger partial charge in [0.15, 0.2) is 0 Å². The molecule has 1 fully saturated rings. The third kappa shape index (κ3) is 3.46. The minimum absolute atomic E-state index is 0.0136. The van der Waals surface area contributed by atoms with Gasteiger partial charge in [-0.05, 0) is 19.4 Å². The summed E-state index contributed by atoms with van der Waals surface area (Å²) < 4.78 is 0. The molecule has 2 rings (SSSR count). The molecule has 0 bridgehead atoms. The number of nitrogens with zero attached hydrogens (tertiary/aromatic N) is 2. The Morgan fingerprint density at radius 1 is 1.50 bits per heavy atom. The number of amides is 1. The van der Waals surface area contributed by atoms with Gasteiger partial charge in [0.25, 0.3) is 0 Å². The molecule has 0 aliphatic carbocycles. The number of hydrogen-bond acceptors (Lipinski definition) is 4. The third-order valence-corrected chi connectivity index (χ3v) is 3.72. The van der Waals surface area contributed by atoms with Gasteiger partial charge >= 0.3 is 0 Å². The Labute approximate surface area is 128 Å². The fourth-order valence-electron chi connectivity index (χ4n) is 2.33. The number of pyridine rings is 1. The van der Waals surface area contributed by atoms with E-state index >= 15 is 0 Å². The summed E-state index contributed by atoms with van der Waals surface area (Å²) in [7, 11) is 0. The van der Waals surface area contributed by atoms with Crippen LogP contribution in [0.5, 0.6) is 0 Å². The zero-order valence-electron chi connectivity index (χ0n) is 11.5. The number of halogens is 2. The van der Waals surface area contributed by atoms with E-state index in [1.807, 2.05) is 6.92 Å². The average molecular weight is 317 g/mol. The van der Waals surface area contributed by atoms with Gasteiger partial charge in [-0.3, -0.25) is 4.79 Å². The highest BCUT2D eigenvalue weighted by Crippen LogP contribution is 2.33. The van der Waals surface area contributed by atoms with Crippen LogP contribution in [-0.4, -0.2) is 36.6 Å². The lowest BCUT2D eigenvalue weighted by atomic mass is 10.2. The molecule has 0 saturated carbocycles. The first-order chi connectivity index (χ1) is 9.51. The lowest BCUT2D eigenvalue weighted by Gasteiger charge is -2.20. The number of nitrogens with one attached hydrogen (secondary N) is 2. The normalized spacial score (nSPS) is 18.2. The standard InChI is InChI=1S/C13H18Cl2N4O/c1-3-16-12-10(14)6-11(15)13(18-12)19-5-4-9(7-19)17-8(2)20/h6,9H,3-5,7H2,1-2H3,(H,16,18)(H,17,20). The molecule has 7 heteroatoms. The van der Waals surface area contributed by atoms with Gasteiger partial charge in [-0.1, -0.05) is 23.2 Å². The van der Waals surface area contributed by atoms with Crippen LogP contribution in [0.2, 0.25) is 10.0 Å². The molecule has 1 aliphatic rings. The average Bonchev–Trinajstić information content (AvgIpc) is 2.80. The number of hydrogen-bond donors (Lipinski definition) is 2. The van der Waals surface area contributed by atoms with Crippen molar-refractivity contribution in [1.29, 1.82) is 0 Å². The molecule has 1 amide bonds. The first kappa shape index (κ1) is 15.2. The van der Waals surface area contributed by atoms with Crippen molar-refractivity contribution in [3.05, 3.63) is 16.1 Å². The summed E-state index contributed by atoms with van der Waals surface area (Å²) in [5, 5.41) is 7.07. The lowest BCUT2D eigenvalue weighted by molar-refractivity contribution is -0.119. The molecule has 2 heterocycles. The second-order valence-corrected chi connectivity index (χ2v) is 5.60. The number of rotatable bonds is 4. The van der Waals surface area contributed by atoms with Gasteiger partial charge in [0.05, 0.1) is 10.0 Å². The zero-order chi connectivity index (χ0) is 14.7. The number of anilines is 2. The van der Waals surface area contributed by atoms with Gasteiger partial charge in [-0.25, -0.2) is 4.98 Å². The van der Waals surface area contributed by atoms with Gasteiger partial charge in [0, 0.05) is 32.6 Å². The molecule has 20 heavy (non-hydrogen) atoms. The van der Waals surface area contributed by atoms with Crippen molar-refractivity contribution < 1.29 is 4.79 Å². The molecule has 0 radical (unpaired) electrons. The predicted octanol–water partition coefficient (Wildman–Crippen LogP) is 2.54. The summed E-state index contributed by atoms with van der Waals surface area (Å²) in [5.74, 6) is 1.33. The maximum absolute atomic E-state index is 11.1. The summed E-state index contributed by atoms with van der Waals surface area (Å²) in [5.41, 5.74) is 0. The molecule has 5 nitrogen and oxygen atoms in total. The molecule has 1 unspecified atom stereocenters. The van der Waals surface area contributed by atoms with E-state index in [2.05, 4.69) is 20.5 Å². The van der Waals surface area contributed by atoms with Crippen molar-refractivity contribution in [2.24, 2.45) is 0 Å². The van der Waals surface area contributed by atoms with E-state index in [0.717, 1.165) is 19.5 Å². The molecule has 110 valence electrons. The minimum Gasteiger partial charge on any atom is -0.369 e. The van der Waals surface area contributed by atoms with Crippen LogP contribution in [0, 0.1) is 0 Å². The quantitative estimate of drug-likeness (QED) is 0.896. The van der Waals surface area contributed by atoms with Crippen LogP contribution in [0.1, 0.15) is 20.3 Å². The number of aromatic nitrogens is 1. The van der Waals surface area contributed by atoms with Gasteiger partial charge < -0.3 is 15.5 Å². The van der Waals surface area contributed by atoms with Crippen molar-refractivity contribution >= 4 is 40.7 Å². The van der Waals surface area contributed by atoms with Crippen LogP contribution >= 0.6 is 23.2 Å². The van der Waals surface area contributed by atoms with Gasteiger partial charge in [0.2, 0.25) is 5.91 Å². The second kappa shape index (κ2) is 6.50. The minimum atomic E-state index is -0.0136. The summed E-state index contributed by atoms with van der Waals surface area (Å²) in [6, 6.07) is 1.85. The molecule has 1 aliphatic heterocycles. The van der Waals surface area contributed by atoms with Crippen molar-refractivity contribution in [2.45, 2.75) is 26.3 Å². The Morgan fingerprint density at radius 2 is 2.25 bits per heavy atom. The van der Waals surface area contributed by atoms with Crippen molar-refractivity contribution in [1.82, 2.24) is 10.3 Å². The van der Waals surface area contributed by atoms with Crippen molar-refractivity contribution in [3.63, 3.8) is 0 Å². The Morgan fingerprint density at radius 3 is 2.90 bits per heavy atom. The summed E-state index contributed by atoms with van der Waals surface area (Å²) in [4.78, 5) is 17.7. The summed E-state index contributed by atoms with van der Waals surface area (Å²) in [6.45, 7) is 5.76. The zero-order valence-corrected chi connectivity index (χ0v) is 13.1. The molecule has 1 aromatic heterocycles. The van der Waals surface area contributed by atoms with Crippen LogP contribution in [0.3, 0.4) is 0 Å². The molecule has 1 saturated heterocycles. The highest BCUT2D eigenvalue weighted by molar-refractivity contribution is 6.37. The number of carbonyl (C=O) groups is 1. The topological polar surface area (TPSA) is 57.3 Å². The van der Waals surface area contributed by atoms with Crippen LogP contribution in [-0.2, 0) is 4.79 Å². The highest BCUT2D eigenvalue weighted by Gasteiger charge is 2.26. The fourth-order valence-corrected chi connectivity index (χ4v) is 2.87. The summed E-state index contributed by atoms with van der Waals surface area (Å²) >= 11 is 12.3. The highest BCUT2D eigenvalue weighted by atomic mass is 35.5. The molecular weight excluding hydrogens is 299 g/mol. The van der Waals surface area contributed by atoms with Crippen LogP contribution < -0.4 is 15.5 Å². The Balaban J connectivity index is 2.16.